The van der Waals surface area contributed by atoms with Crippen LogP contribution < -0.4 is 4.74 Å². The second-order valence-corrected chi connectivity index (χ2v) is 2.44. The molecule has 1 aromatic rings. The van der Waals surface area contributed by atoms with Gasteiger partial charge in [-0.15, -0.1) is 0 Å². The second kappa shape index (κ2) is 4.55. The van der Waals surface area contributed by atoms with Crippen LogP contribution in [0.25, 0.3) is 0 Å². The number of carbonyl (C=O) groups is 1. The fraction of sp³-hybridized carbons (Fsp3) is 0.222. The van der Waals surface area contributed by atoms with E-state index in [2.05, 4.69) is 9.47 Å². The van der Waals surface area contributed by atoms with Crippen molar-refractivity contribution in [2.24, 2.45) is 0 Å². The smallest absolute Gasteiger partial charge is 0.343 e. The molecule has 0 N–H and O–H groups in total. The molecule has 0 aliphatic rings. The van der Waals surface area contributed by atoms with Crippen LogP contribution in [0.1, 0.15) is 0 Å². The number of methoxy groups -OCH3 is 1. The Kier molecular flexibility index (Phi) is 3.39. The Balaban J connectivity index is 2.66. The maximum Gasteiger partial charge on any atom is 0.343 e. The largest absolute Gasteiger partial charge is 0.479 e. The first-order chi connectivity index (χ1) is 6.63. The molecule has 0 atom stereocenters. The molecule has 0 aromatic heterocycles. The summed E-state index contributed by atoms with van der Waals surface area (Å²) in [5.41, 5.74) is 0. The van der Waals surface area contributed by atoms with Crippen LogP contribution in [-0.2, 0) is 9.53 Å². The topological polar surface area (TPSA) is 35.5 Å². The van der Waals surface area contributed by atoms with E-state index >= 15 is 0 Å². The number of hydrogen-bond donors (Lipinski definition) is 0. The van der Waals surface area contributed by atoms with Crippen molar-refractivity contribution in [2.75, 3.05) is 13.7 Å². The van der Waals surface area contributed by atoms with Gasteiger partial charge >= 0.3 is 5.97 Å². The van der Waals surface area contributed by atoms with Gasteiger partial charge in [0.05, 0.1) is 7.11 Å². The van der Waals surface area contributed by atoms with Crippen LogP contribution in [0.15, 0.2) is 18.2 Å². The predicted molar refractivity (Wildman–Crippen MR) is 43.9 cm³/mol. The van der Waals surface area contributed by atoms with E-state index in [1.54, 1.807) is 0 Å². The van der Waals surface area contributed by atoms with Gasteiger partial charge in [0.25, 0.3) is 0 Å². The molecular weight excluding hydrogens is 194 g/mol. The van der Waals surface area contributed by atoms with Gasteiger partial charge in [-0.05, 0) is 12.1 Å². The Bertz CT molecular complexity index is 339. The molecular formula is C9H8F2O3. The molecule has 0 fully saturated rings. The summed E-state index contributed by atoms with van der Waals surface area (Å²) in [6.07, 6.45) is 0. The van der Waals surface area contributed by atoms with Gasteiger partial charge in [-0.3, -0.25) is 0 Å². The number of rotatable bonds is 3. The second-order valence-electron chi connectivity index (χ2n) is 2.44. The van der Waals surface area contributed by atoms with Crippen molar-refractivity contribution >= 4 is 5.97 Å². The van der Waals surface area contributed by atoms with Crippen LogP contribution >= 0.6 is 0 Å². The molecule has 0 aliphatic heterocycles. The van der Waals surface area contributed by atoms with E-state index < -0.39 is 24.2 Å². The molecule has 3 nitrogen and oxygen atoms in total. The fourth-order valence-electron chi connectivity index (χ4n) is 0.783. The summed E-state index contributed by atoms with van der Waals surface area (Å²) in [5, 5.41) is 0. The summed E-state index contributed by atoms with van der Waals surface area (Å²) < 4.78 is 34.4. The molecule has 14 heavy (non-hydrogen) atoms. The lowest BCUT2D eigenvalue weighted by Gasteiger charge is -2.05. The molecule has 0 aliphatic carbocycles. The lowest BCUT2D eigenvalue weighted by molar-refractivity contribution is -0.142. The first-order valence-corrected chi connectivity index (χ1v) is 3.78. The molecule has 0 heterocycles. The average molecular weight is 202 g/mol. The molecule has 0 bridgehead atoms. The average Bonchev–Trinajstić information content (AvgIpc) is 2.19. The van der Waals surface area contributed by atoms with Crippen LogP contribution in [0.5, 0.6) is 5.75 Å². The third-order valence-corrected chi connectivity index (χ3v) is 1.47. The SMILES string of the molecule is COC(=O)COc1cc(F)ccc1F. The van der Waals surface area contributed by atoms with Crippen molar-refractivity contribution < 1.29 is 23.0 Å². The molecule has 0 radical (unpaired) electrons. The summed E-state index contributed by atoms with van der Waals surface area (Å²) in [6, 6.07) is 2.74. The summed E-state index contributed by atoms with van der Waals surface area (Å²) in [7, 11) is 1.17. The minimum atomic E-state index is -0.727. The van der Waals surface area contributed by atoms with Crippen molar-refractivity contribution in [1.29, 1.82) is 0 Å². The Hall–Kier alpha value is -1.65. The zero-order valence-electron chi connectivity index (χ0n) is 7.42. The predicted octanol–water partition coefficient (Wildman–Crippen LogP) is 1.52. The zero-order valence-corrected chi connectivity index (χ0v) is 7.42. The summed E-state index contributed by atoms with van der Waals surface area (Å²) >= 11 is 0. The van der Waals surface area contributed by atoms with Gasteiger partial charge < -0.3 is 9.47 Å². The Morgan fingerprint density at radius 3 is 2.79 bits per heavy atom. The van der Waals surface area contributed by atoms with Crippen LogP contribution in [0.2, 0.25) is 0 Å². The molecule has 0 unspecified atom stereocenters. The lowest BCUT2D eigenvalue weighted by atomic mass is 10.3. The van der Waals surface area contributed by atoms with Gasteiger partial charge in [0.2, 0.25) is 0 Å². The lowest BCUT2D eigenvalue weighted by Crippen LogP contribution is -2.13. The van der Waals surface area contributed by atoms with E-state index in [4.69, 9.17) is 0 Å². The van der Waals surface area contributed by atoms with Crippen molar-refractivity contribution in [3.8, 4) is 5.75 Å². The Labute approximate surface area is 79.2 Å². The minimum Gasteiger partial charge on any atom is -0.479 e. The molecule has 1 aromatic carbocycles. The van der Waals surface area contributed by atoms with Crippen LogP contribution in [0.4, 0.5) is 8.78 Å². The van der Waals surface area contributed by atoms with Gasteiger partial charge in [-0.2, -0.15) is 0 Å². The van der Waals surface area contributed by atoms with Crippen LogP contribution in [0.3, 0.4) is 0 Å². The van der Waals surface area contributed by atoms with Crippen molar-refractivity contribution in [3.63, 3.8) is 0 Å². The Morgan fingerprint density at radius 2 is 2.14 bits per heavy atom. The highest BCUT2D eigenvalue weighted by Gasteiger charge is 2.07. The van der Waals surface area contributed by atoms with Crippen molar-refractivity contribution in [1.82, 2.24) is 0 Å². The van der Waals surface area contributed by atoms with E-state index in [1.165, 1.54) is 7.11 Å². The van der Waals surface area contributed by atoms with E-state index in [1.807, 2.05) is 0 Å². The van der Waals surface area contributed by atoms with Crippen molar-refractivity contribution in [3.05, 3.63) is 29.8 Å². The monoisotopic (exact) mass is 202 g/mol. The first kappa shape index (κ1) is 10.4. The van der Waals surface area contributed by atoms with Crippen molar-refractivity contribution in [2.45, 2.75) is 0 Å². The first-order valence-electron chi connectivity index (χ1n) is 3.78. The highest BCUT2D eigenvalue weighted by Crippen LogP contribution is 2.17. The van der Waals surface area contributed by atoms with Crippen LogP contribution in [0, 0.1) is 11.6 Å². The molecule has 0 amide bonds. The molecule has 76 valence electrons. The maximum absolute atomic E-state index is 12.9. The minimum absolute atomic E-state index is 0.310. The third-order valence-electron chi connectivity index (χ3n) is 1.47. The molecule has 0 spiro atoms. The zero-order chi connectivity index (χ0) is 10.6. The van der Waals surface area contributed by atoms with E-state index in [0.717, 1.165) is 18.2 Å². The number of benzene rings is 1. The van der Waals surface area contributed by atoms with Crippen LogP contribution in [-0.4, -0.2) is 19.7 Å². The summed E-state index contributed by atoms with van der Waals surface area (Å²) in [4.78, 5) is 10.6. The summed E-state index contributed by atoms with van der Waals surface area (Å²) in [6.45, 7) is -0.448. The number of esters is 1. The normalized spacial score (nSPS) is 9.64. The van der Waals surface area contributed by atoms with Gasteiger partial charge in [0.1, 0.15) is 5.82 Å². The van der Waals surface area contributed by atoms with E-state index in [9.17, 15) is 13.6 Å². The Morgan fingerprint density at radius 1 is 1.43 bits per heavy atom. The highest BCUT2D eigenvalue weighted by atomic mass is 19.1. The number of hydrogen-bond acceptors (Lipinski definition) is 3. The van der Waals surface area contributed by atoms with Gasteiger partial charge in [0.15, 0.2) is 18.2 Å². The molecule has 5 heteroatoms. The number of halogens is 2. The highest BCUT2D eigenvalue weighted by molar-refractivity contribution is 5.70. The number of ether oxygens (including phenoxy) is 2. The summed E-state index contributed by atoms with van der Waals surface area (Å²) in [5.74, 6) is -2.33. The molecule has 0 saturated carbocycles. The quantitative estimate of drug-likeness (QED) is 0.697. The van der Waals surface area contributed by atoms with E-state index in [-0.39, 0.29) is 5.75 Å². The number of carbonyl (C=O) groups excluding carboxylic acids is 1. The van der Waals surface area contributed by atoms with Gasteiger partial charge in [-0.1, -0.05) is 0 Å². The molecule has 0 saturated heterocycles. The standard InChI is InChI=1S/C9H8F2O3/c1-13-9(12)5-14-8-4-6(10)2-3-7(8)11/h2-4H,5H2,1H3. The third kappa shape index (κ3) is 2.69. The maximum atomic E-state index is 12.9. The van der Waals surface area contributed by atoms with E-state index in [0.29, 0.717) is 0 Å². The van der Waals surface area contributed by atoms with Gasteiger partial charge in [-0.25, -0.2) is 13.6 Å². The van der Waals surface area contributed by atoms with Gasteiger partial charge in [0, 0.05) is 6.07 Å². The molecule has 1 rings (SSSR count). The fourth-order valence-corrected chi connectivity index (χ4v) is 0.783.